The molecule has 5 rings (SSSR count). The molecule has 2 heterocycles. The zero-order chi connectivity index (χ0) is 19.3. The summed E-state index contributed by atoms with van der Waals surface area (Å²) in [7, 11) is 0. The molecule has 2 aliphatic rings. The number of aromatic nitrogens is 1. The van der Waals surface area contributed by atoms with Crippen LogP contribution in [0.5, 0.6) is 11.5 Å². The first-order chi connectivity index (χ1) is 13.6. The van der Waals surface area contributed by atoms with Gasteiger partial charge in [-0.2, -0.15) is 0 Å². The van der Waals surface area contributed by atoms with Crippen LogP contribution in [0.25, 0.3) is 10.9 Å². The third-order valence-electron chi connectivity index (χ3n) is 5.23. The quantitative estimate of drug-likeness (QED) is 0.706. The van der Waals surface area contributed by atoms with E-state index in [-0.39, 0.29) is 28.1 Å². The SMILES string of the molecule is O=C1NC(=O)C([C@@H]2CCc3cc(Oc4ccnc5cccc(F)c45)ccc32)S1. The van der Waals surface area contributed by atoms with Crippen molar-refractivity contribution in [2.45, 2.75) is 24.0 Å². The van der Waals surface area contributed by atoms with Gasteiger partial charge in [-0.3, -0.25) is 19.9 Å². The van der Waals surface area contributed by atoms with Crippen molar-refractivity contribution < 1.29 is 18.7 Å². The van der Waals surface area contributed by atoms with E-state index in [1.165, 1.54) is 6.07 Å². The van der Waals surface area contributed by atoms with Gasteiger partial charge in [0.25, 0.3) is 5.24 Å². The Balaban J connectivity index is 1.45. The Morgan fingerprint density at radius 3 is 2.89 bits per heavy atom. The first-order valence-electron chi connectivity index (χ1n) is 8.95. The van der Waals surface area contributed by atoms with Gasteiger partial charge in [0, 0.05) is 12.1 Å². The van der Waals surface area contributed by atoms with E-state index in [4.69, 9.17) is 4.74 Å². The third kappa shape index (κ3) is 2.82. The minimum atomic E-state index is -0.379. The highest BCUT2D eigenvalue weighted by Crippen LogP contribution is 2.43. The van der Waals surface area contributed by atoms with Crippen LogP contribution in [0, 0.1) is 5.82 Å². The molecule has 1 saturated heterocycles. The van der Waals surface area contributed by atoms with Crippen LogP contribution in [-0.2, 0) is 11.2 Å². The summed E-state index contributed by atoms with van der Waals surface area (Å²) in [5.74, 6) is 0.436. The summed E-state index contributed by atoms with van der Waals surface area (Å²) >= 11 is 1.06. The van der Waals surface area contributed by atoms with Crippen molar-refractivity contribution in [3.05, 3.63) is 65.6 Å². The zero-order valence-electron chi connectivity index (χ0n) is 14.6. The maximum absolute atomic E-state index is 14.3. The van der Waals surface area contributed by atoms with Crippen molar-refractivity contribution in [1.29, 1.82) is 0 Å². The van der Waals surface area contributed by atoms with Crippen LogP contribution in [0.1, 0.15) is 23.5 Å². The standard InChI is InChI=1S/C21H15FN2O3S/c22-15-2-1-3-16-18(15)17(8-9-23-16)27-12-5-7-13-11(10-12)4-6-14(13)19-20(25)24-21(26)28-19/h1-3,5,7-10,14,19H,4,6H2,(H,24,25,26)/t14-,19?/m1/s1. The number of rotatable bonds is 3. The van der Waals surface area contributed by atoms with Gasteiger partial charge in [0.1, 0.15) is 22.6 Å². The average Bonchev–Trinajstić information content (AvgIpc) is 3.23. The molecule has 1 aromatic heterocycles. The molecule has 1 unspecified atom stereocenters. The number of carbonyl (C=O) groups is 2. The van der Waals surface area contributed by atoms with Gasteiger partial charge < -0.3 is 4.74 Å². The number of aryl methyl sites for hydroxylation is 1. The van der Waals surface area contributed by atoms with E-state index in [0.717, 1.165) is 35.7 Å². The van der Waals surface area contributed by atoms with Crippen LogP contribution in [-0.4, -0.2) is 21.4 Å². The molecule has 7 heteroatoms. The number of thioether (sulfide) groups is 1. The number of halogens is 1. The van der Waals surface area contributed by atoms with E-state index in [0.29, 0.717) is 22.4 Å². The second kappa shape index (κ2) is 6.60. The summed E-state index contributed by atoms with van der Waals surface area (Å²) < 4.78 is 20.3. The first-order valence-corrected chi connectivity index (χ1v) is 9.83. The van der Waals surface area contributed by atoms with Crippen LogP contribution in [0.2, 0.25) is 0 Å². The Bertz CT molecular complexity index is 1130. The predicted molar refractivity (Wildman–Crippen MR) is 104 cm³/mol. The van der Waals surface area contributed by atoms with Crippen LogP contribution < -0.4 is 10.1 Å². The van der Waals surface area contributed by atoms with Gasteiger partial charge in [0.2, 0.25) is 5.91 Å². The van der Waals surface area contributed by atoms with Gasteiger partial charge in [-0.15, -0.1) is 0 Å². The summed E-state index contributed by atoms with van der Waals surface area (Å²) in [5.41, 5.74) is 2.70. The normalized spacial score (nSPS) is 21.0. The molecule has 1 aliphatic heterocycles. The number of hydrogen-bond acceptors (Lipinski definition) is 5. The van der Waals surface area contributed by atoms with Gasteiger partial charge in [0.15, 0.2) is 0 Å². The molecule has 0 bridgehead atoms. The lowest BCUT2D eigenvalue weighted by molar-refractivity contribution is -0.119. The zero-order valence-corrected chi connectivity index (χ0v) is 15.5. The third-order valence-corrected chi connectivity index (χ3v) is 6.34. The molecule has 3 aromatic rings. The lowest BCUT2D eigenvalue weighted by Crippen LogP contribution is -2.27. The molecule has 2 amide bonds. The second-order valence-electron chi connectivity index (χ2n) is 6.87. The smallest absolute Gasteiger partial charge is 0.286 e. The summed E-state index contributed by atoms with van der Waals surface area (Å²) in [4.78, 5) is 27.7. The van der Waals surface area contributed by atoms with E-state index in [1.54, 1.807) is 24.4 Å². The summed E-state index contributed by atoms with van der Waals surface area (Å²) in [6.07, 6.45) is 3.21. The molecule has 1 aliphatic carbocycles. The predicted octanol–water partition coefficient (Wildman–Crippen LogP) is 4.55. The van der Waals surface area contributed by atoms with Crippen molar-refractivity contribution in [3.63, 3.8) is 0 Å². The van der Waals surface area contributed by atoms with Crippen LogP contribution in [0.3, 0.4) is 0 Å². The second-order valence-corrected chi connectivity index (χ2v) is 7.98. The Morgan fingerprint density at radius 2 is 2.07 bits per heavy atom. The molecule has 0 spiro atoms. The topological polar surface area (TPSA) is 68.3 Å². The van der Waals surface area contributed by atoms with Crippen molar-refractivity contribution in [1.82, 2.24) is 10.3 Å². The molecule has 28 heavy (non-hydrogen) atoms. The van der Waals surface area contributed by atoms with E-state index in [9.17, 15) is 14.0 Å². The Labute approximate surface area is 164 Å². The number of hydrogen-bond donors (Lipinski definition) is 1. The maximum Gasteiger partial charge on any atom is 0.286 e. The van der Waals surface area contributed by atoms with Crippen molar-refractivity contribution in [3.8, 4) is 11.5 Å². The summed E-state index contributed by atoms with van der Waals surface area (Å²) in [6, 6.07) is 12.1. The van der Waals surface area contributed by atoms with Crippen LogP contribution in [0.15, 0.2) is 48.7 Å². The largest absolute Gasteiger partial charge is 0.456 e. The molecule has 0 saturated carbocycles. The number of pyridine rings is 1. The van der Waals surface area contributed by atoms with Crippen molar-refractivity contribution in [2.24, 2.45) is 0 Å². The molecular weight excluding hydrogens is 379 g/mol. The van der Waals surface area contributed by atoms with E-state index < -0.39 is 0 Å². The number of amides is 2. The molecule has 2 atom stereocenters. The van der Waals surface area contributed by atoms with Gasteiger partial charge in [0.05, 0.1) is 10.9 Å². The van der Waals surface area contributed by atoms with E-state index in [1.807, 2.05) is 18.2 Å². The fourth-order valence-electron chi connectivity index (χ4n) is 3.98. The fraction of sp³-hybridized carbons (Fsp3) is 0.190. The molecule has 1 N–H and O–H groups in total. The minimum Gasteiger partial charge on any atom is -0.456 e. The highest BCUT2D eigenvalue weighted by molar-refractivity contribution is 8.15. The van der Waals surface area contributed by atoms with Crippen molar-refractivity contribution in [2.75, 3.05) is 0 Å². The fourth-order valence-corrected chi connectivity index (χ4v) is 4.99. The first kappa shape index (κ1) is 17.2. The number of carbonyl (C=O) groups excluding carboxylic acids is 2. The lowest BCUT2D eigenvalue weighted by Gasteiger charge is -2.16. The van der Waals surface area contributed by atoms with Gasteiger partial charge >= 0.3 is 0 Å². The number of nitrogens with zero attached hydrogens (tertiary/aromatic N) is 1. The lowest BCUT2D eigenvalue weighted by atomic mass is 9.97. The number of nitrogens with one attached hydrogen (secondary N) is 1. The van der Waals surface area contributed by atoms with Crippen LogP contribution >= 0.6 is 11.8 Å². The molecule has 5 nitrogen and oxygen atoms in total. The number of fused-ring (bicyclic) bond motifs is 2. The minimum absolute atomic E-state index is 0.0136. The van der Waals surface area contributed by atoms with Gasteiger partial charge in [-0.25, -0.2) is 4.39 Å². The summed E-state index contributed by atoms with van der Waals surface area (Å²) in [6.45, 7) is 0. The molecule has 1 fully saturated rings. The monoisotopic (exact) mass is 394 g/mol. The van der Waals surface area contributed by atoms with E-state index in [2.05, 4.69) is 10.3 Å². The highest BCUT2D eigenvalue weighted by atomic mass is 32.2. The molecule has 140 valence electrons. The molecule has 2 aromatic carbocycles. The Kier molecular flexibility index (Phi) is 4.05. The molecule has 0 radical (unpaired) electrons. The van der Waals surface area contributed by atoms with E-state index >= 15 is 0 Å². The Morgan fingerprint density at radius 1 is 1.18 bits per heavy atom. The average molecular weight is 394 g/mol. The summed E-state index contributed by atoms with van der Waals surface area (Å²) in [5, 5.41) is 2.05. The Hall–Kier alpha value is -2.93. The van der Waals surface area contributed by atoms with Gasteiger partial charge in [-0.05, 0) is 54.3 Å². The van der Waals surface area contributed by atoms with Gasteiger partial charge in [-0.1, -0.05) is 23.9 Å². The maximum atomic E-state index is 14.3. The number of ether oxygens (including phenoxy) is 1. The van der Waals surface area contributed by atoms with Crippen molar-refractivity contribution >= 4 is 33.8 Å². The number of imide groups is 1. The number of benzene rings is 2. The molecular formula is C21H15FN2O3S. The van der Waals surface area contributed by atoms with Crippen LogP contribution in [0.4, 0.5) is 9.18 Å². The highest BCUT2D eigenvalue weighted by Gasteiger charge is 2.41.